The lowest BCUT2D eigenvalue weighted by atomic mass is 10.2. The molecule has 0 aliphatic heterocycles. The molecular weight excluding hydrogens is 379 g/mol. The van der Waals surface area contributed by atoms with E-state index in [-0.39, 0.29) is 0 Å². The standard InChI is InChI=1S/C13H11Br2ClN2/c1-8-4-10(14)13(11(15)5-8)18-6-9-2-3-17-7-12(9)16/h2-5,7,18H,6H2,1H3. The van der Waals surface area contributed by atoms with Crippen LogP contribution in [0.2, 0.25) is 5.02 Å². The summed E-state index contributed by atoms with van der Waals surface area (Å²) in [6.07, 6.45) is 3.39. The largest absolute Gasteiger partial charge is 0.379 e. The number of benzene rings is 1. The second kappa shape index (κ2) is 6.04. The highest BCUT2D eigenvalue weighted by molar-refractivity contribution is 9.11. The van der Waals surface area contributed by atoms with Crippen molar-refractivity contribution in [3.05, 3.63) is 55.7 Å². The summed E-state index contributed by atoms with van der Waals surface area (Å²) in [6.45, 7) is 2.71. The number of pyridine rings is 1. The van der Waals surface area contributed by atoms with Crippen LogP contribution in [0.5, 0.6) is 0 Å². The van der Waals surface area contributed by atoms with Crippen LogP contribution < -0.4 is 5.32 Å². The molecule has 0 radical (unpaired) electrons. The molecule has 1 heterocycles. The van der Waals surface area contributed by atoms with Gasteiger partial charge >= 0.3 is 0 Å². The van der Waals surface area contributed by atoms with Crippen molar-refractivity contribution in [3.8, 4) is 0 Å². The Kier molecular flexibility index (Phi) is 4.65. The first-order valence-electron chi connectivity index (χ1n) is 5.36. The SMILES string of the molecule is Cc1cc(Br)c(NCc2ccncc2Cl)c(Br)c1. The molecule has 18 heavy (non-hydrogen) atoms. The summed E-state index contributed by atoms with van der Waals surface area (Å²) in [5.41, 5.74) is 3.24. The highest BCUT2D eigenvalue weighted by Crippen LogP contribution is 2.32. The van der Waals surface area contributed by atoms with Gasteiger partial charge in [0, 0.05) is 27.9 Å². The summed E-state index contributed by atoms with van der Waals surface area (Å²) in [5, 5.41) is 4.03. The van der Waals surface area contributed by atoms with Crippen molar-refractivity contribution >= 4 is 49.1 Å². The highest BCUT2D eigenvalue weighted by atomic mass is 79.9. The molecule has 0 fully saturated rings. The number of anilines is 1. The molecule has 0 saturated heterocycles. The number of hydrogen-bond donors (Lipinski definition) is 1. The molecule has 1 aromatic carbocycles. The van der Waals surface area contributed by atoms with Gasteiger partial charge in [-0.2, -0.15) is 0 Å². The minimum absolute atomic E-state index is 0.654. The first-order valence-corrected chi connectivity index (χ1v) is 7.32. The maximum Gasteiger partial charge on any atom is 0.0639 e. The van der Waals surface area contributed by atoms with Gasteiger partial charge in [-0.1, -0.05) is 11.6 Å². The van der Waals surface area contributed by atoms with Gasteiger partial charge < -0.3 is 5.32 Å². The Morgan fingerprint density at radius 3 is 2.56 bits per heavy atom. The van der Waals surface area contributed by atoms with Crippen molar-refractivity contribution in [2.75, 3.05) is 5.32 Å². The molecule has 0 aliphatic carbocycles. The summed E-state index contributed by atoms with van der Waals surface area (Å²) in [5.74, 6) is 0. The van der Waals surface area contributed by atoms with E-state index in [1.165, 1.54) is 5.56 Å². The Morgan fingerprint density at radius 1 is 1.28 bits per heavy atom. The van der Waals surface area contributed by atoms with Crippen LogP contribution >= 0.6 is 43.5 Å². The van der Waals surface area contributed by atoms with Gasteiger partial charge in [0.2, 0.25) is 0 Å². The summed E-state index contributed by atoms with van der Waals surface area (Å²) in [4.78, 5) is 3.97. The van der Waals surface area contributed by atoms with Gasteiger partial charge in [-0.05, 0) is 68.1 Å². The van der Waals surface area contributed by atoms with Crippen LogP contribution in [0.1, 0.15) is 11.1 Å². The van der Waals surface area contributed by atoms with Crippen LogP contribution in [-0.2, 0) is 6.54 Å². The third-order valence-corrected chi connectivity index (χ3v) is 4.09. The Labute approximate surface area is 128 Å². The predicted molar refractivity (Wildman–Crippen MR) is 83.2 cm³/mol. The van der Waals surface area contributed by atoms with E-state index in [2.05, 4.69) is 61.2 Å². The van der Waals surface area contributed by atoms with Gasteiger partial charge in [0.15, 0.2) is 0 Å². The van der Waals surface area contributed by atoms with Gasteiger partial charge in [-0.3, -0.25) is 4.98 Å². The molecule has 1 N–H and O–H groups in total. The number of nitrogens with zero attached hydrogens (tertiary/aromatic N) is 1. The lowest BCUT2D eigenvalue weighted by molar-refractivity contribution is 1.12. The number of aromatic nitrogens is 1. The molecule has 2 rings (SSSR count). The minimum atomic E-state index is 0.654. The molecule has 1 aromatic heterocycles. The fourth-order valence-electron chi connectivity index (χ4n) is 1.60. The number of rotatable bonds is 3. The zero-order chi connectivity index (χ0) is 13.1. The number of aryl methyl sites for hydroxylation is 1. The molecule has 94 valence electrons. The minimum Gasteiger partial charge on any atom is -0.379 e. The van der Waals surface area contributed by atoms with Crippen molar-refractivity contribution in [1.82, 2.24) is 4.98 Å². The van der Waals surface area contributed by atoms with E-state index in [9.17, 15) is 0 Å². The number of nitrogens with one attached hydrogen (secondary N) is 1. The predicted octanol–water partition coefficient (Wildman–Crippen LogP) is 5.18. The second-order valence-corrected chi connectivity index (χ2v) is 6.04. The van der Waals surface area contributed by atoms with Crippen molar-refractivity contribution in [1.29, 1.82) is 0 Å². The van der Waals surface area contributed by atoms with Crippen LogP contribution in [-0.4, -0.2) is 4.98 Å². The Morgan fingerprint density at radius 2 is 1.94 bits per heavy atom. The second-order valence-electron chi connectivity index (χ2n) is 3.92. The number of halogens is 3. The van der Waals surface area contributed by atoms with Crippen LogP contribution in [0, 0.1) is 6.92 Å². The van der Waals surface area contributed by atoms with Gasteiger partial charge in [0.25, 0.3) is 0 Å². The Hall–Kier alpha value is -0.580. The van der Waals surface area contributed by atoms with Crippen molar-refractivity contribution in [2.24, 2.45) is 0 Å². The van der Waals surface area contributed by atoms with E-state index in [1.54, 1.807) is 12.4 Å². The van der Waals surface area contributed by atoms with Crippen LogP contribution in [0.4, 0.5) is 5.69 Å². The molecule has 0 saturated carbocycles. The van der Waals surface area contributed by atoms with E-state index in [0.29, 0.717) is 11.6 Å². The molecule has 0 atom stereocenters. The average Bonchev–Trinajstić information content (AvgIpc) is 2.30. The third kappa shape index (κ3) is 3.25. The van der Waals surface area contributed by atoms with Crippen LogP contribution in [0.15, 0.2) is 39.5 Å². The molecule has 5 heteroatoms. The molecule has 0 amide bonds. The molecule has 2 aromatic rings. The van der Waals surface area contributed by atoms with Crippen molar-refractivity contribution in [3.63, 3.8) is 0 Å². The van der Waals surface area contributed by atoms with E-state index in [0.717, 1.165) is 20.2 Å². The van der Waals surface area contributed by atoms with Crippen molar-refractivity contribution in [2.45, 2.75) is 13.5 Å². The van der Waals surface area contributed by atoms with Gasteiger partial charge in [0.05, 0.1) is 10.7 Å². The maximum absolute atomic E-state index is 6.07. The normalized spacial score (nSPS) is 10.4. The molecule has 2 nitrogen and oxygen atoms in total. The highest BCUT2D eigenvalue weighted by Gasteiger charge is 2.07. The van der Waals surface area contributed by atoms with E-state index in [4.69, 9.17) is 11.6 Å². The first kappa shape index (κ1) is 13.8. The van der Waals surface area contributed by atoms with Gasteiger partial charge in [-0.15, -0.1) is 0 Å². The molecular formula is C13H11Br2ClN2. The van der Waals surface area contributed by atoms with Crippen molar-refractivity contribution < 1.29 is 0 Å². The van der Waals surface area contributed by atoms with E-state index in [1.807, 2.05) is 6.07 Å². The smallest absolute Gasteiger partial charge is 0.0639 e. The lowest BCUT2D eigenvalue weighted by Crippen LogP contribution is -2.02. The summed E-state index contributed by atoms with van der Waals surface area (Å²) < 4.78 is 2.05. The fourth-order valence-corrected chi connectivity index (χ4v) is 3.48. The third-order valence-electron chi connectivity index (χ3n) is 2.50. The van der Waals surface area contributed by atoms with Crippen LogP contribution in [0.3, 0.4) is 0 Å². The molecule has 0 aliphatic rings. The van der Waals surface area contributed by atoms with E-state index >= 15 is 0 Å². The molecule has 0 unspecified atom stereocenters. The zero-order valence-electron chi connectivity index (χ0n) is 9.67. The zero-order valence-corrected chi connectivity index (χ0v) is 13.6. The summed E-state index contributed by atoms with van der Waals surface area (Å²) in [6, 6.07) is 6.05. The Balaban J connectivity index is 2.19. The quantitative estimate of drug-likeness (QED) is 0.781. The Bertz CT molecular complexity index is 550. The topological polar surface area (TPSA) is 24.9 Å². The maximum atomic E-state index is 6.07. The van der Waals surface area contributed by atoms with Gasteiger partial charge in [0.1, 0.15) is 0 Å². The molecule has 0 bridgehead atoms. The lowest BCUT2D eigenvalue weighted by Gasteiger charge is -2.12. The fraction of sp³-hybridized carbons (Fsp3) is 0.154. The van der Waals surface area contributed by atoms with E-state index < -0.39 is 0 Å². The van der Waals surface area contributed by atoms with Gasteiger partial charge in [-0.25, -0.2) is 0 Å². The van der Waals surface area contributed by atoms with Crippen LogP contribution in [0.25, 0.3) is 0 Å². The average molecular weight is 391 g/mol. The molecule has 0 spiro atoms. The number of hydrogen-bond acceptors (Lipinski definition) is 2. The monoisotopic (exact) mass is 388 g/mol. The summed E-state index contributed by atoms with van der Waals surface area (Å²) in [7, 11) is 0. The summed E-state index contributed by atoms with van der Waals surface area (Å²) >= 11 is 13.2. The first-order chi connectivity index (χ1) is 8.58.